The number of benzene rings is 1. The van der Waals surface area contributed by atoms with Gasteiger partial charge in [-0.05, 0) is 25.0 Å². The van der Waals surface area contributed by atoms with Gasteiger partial charge in [-0.2, -0.15) is 0 Å². The first-order valence-corrected chi connectivity index (χ1v) is 7.65. The molecule has 1 aliphatic rings. The number of carbonyl (C=O) groups is 4. The second kappa shape index (κ2) is 6.74. The fraction of sp³-hybridized carbons (Fsp3) is 0.333. The summed E-state index contributed by atoms with van der Waals surface area (Å²) in [5, 5.41) is 7.80. The average Bonchev–Trinajstić information content (AvgIpc) is 2.70. The molecule has 22 heavy (non-hydrogen) atoms. The Kier molecular flexibility index (Phi) is 4.97. The van der Waals surface area contributed by atoms with Crippen LogP contribution in [0.1, 0.15) is 46.9 Å². The molecule has 1 aromatic carbocycles. The van der Waals surface area contributed by atoms with Gasteiger partial charge in [0.1, 0.15) is 0 Å². The first-order chi connectivity index (χ1) is 10.4. The van der Waals surface area contributed by atoms with E-state index in [4.69, 9.17) is 5.11 Å². The van der Waals surface area contributed by atoms with Gasteiger partial charge >= 0.3 is 5.97 Å². The molecule has 0 fully saturated rings. The lowest BCUT2D eigenvalue weighted by Gasteiger charge is -2.24. The van der Waals surface area contributed by atoms with Crippen molar-refractivity contribution in [2.24, 2.45) is 0 Å². The van der Waals surface area contributed by atoms with E-state index in [0.29, 0.717) is 11.1 Å². The van der Waals surface area contributed by atoms with Crippen molar-refractivity contribution in [3.8, 4) is 0 Å². The molecule has 0 aliphatic carbocycles. The summed E-state index contributed by atoms with van der Waals surface area (Å²) in [5.74, 6) is -1.82. The van der Waals surface area contributed by atoms with Gasteiger partial charge in [0.2, 0.25) is 0 Å². The Bertz CT molecular complexity index is 608. The number of hydrogen-bond donors (Lipinski definition) is 1. The van der Waals surface area contributed by atoms with Crippen LogP contribution in [0.3, 0.4) is 0 Å². The Morgan fingerprint density at radius 3 is 2.18 bits per heavy atom. The van der Waals surface area contributed by atoms with E-state index in [1.165, 1.54) is 6.92 Å². The lowest BCUT2D eigenvalue weighted by Crippen LogP contribution is -2.38. The summed E-state index contributed by atoms with van der Waals surface area (Å²) in [5.41, 5.74) is 0.639. The zero-order chi connectivity index (χ0) is 16.3. The van der Waals surface area contributed by atoms with Crippen molar-refractivity contribution in [3.63, 3.8) is 0 Å². The van der Waals surface area contributed by atoms with Crippen LogP contribution in [0.5, 0.6) is 0 Å². The van der Waals surface area contributed by atoms with Crippen LogP contribution in [0.25, 0.3) is 0 Å². The number of aliphatic carboxylic acids is 1. The first kappa shape index (κ1) is 16.2. The van der Waals surface area contributed by atoms with Crippen LogP contribution in [0.2, 0.25) is 0 Å². The van der Waals surface area contributed by atoms with E-state index in [2.05, 4.69) is 0 Å². The molecule has 116 valence electrons. The highest BCUT2D eigenvalue weighted by Gasteiger charge is 2.40. The highest BCUT2D eigenvalue weighted by atomic mass is 32.2. The molecular formula is C15H15NO5S. The van der Waals surface area contributed by atoms with Gasteiger partial charge in [0.15, 0.2) is 5.12 Å². The Hall–Kier alpha value is -2.15. The molecule has 0 spiro atoms. The molecule has 1 unspecified atom stereocenters. The molecule has 2 amide bonds. The molecule has 7 heteroatoms. The SMILES string of the molecule is CC(=O)SC(CCCC(=O)O)N1C(=O)c2ccccc2C1=O. The quantitative estimate of drug-likeness (QED) is 0.807. The number of carboxylic acids is 1. The molecule has 1 atom stereocenters. The number of carbonyl (C=O) groups excluding carboxylic acids is 3. The number of imide groups is 1. The molecule has 0 bridgehead atoms. The third kappa shape index (κ3) is 3.36. The second-order valence-electron chi connectivity index (χ2n) is 4.88. The number of rotatable bonds is 6. The molecule has 0 saturated heterocycles. The van der Waals surface area contributed by atoms with E-state index in [1.807, 2.05) is 0 Å². The number of fused-ring (bicyclic) bond motifs is 1. The third-order valence-corrected chi connectivity index (χ3v) is 4.31. The summed E-state index contributed by atoms with van der Waals surface area (Å²) in [6.45, 7) is 1.35. The fourth-order valence-corrected chi connectivity index (χ4v) is 3.29. The number of carboxylic acid groups (broad SMARTS) is 1. The van der Waals surface area contributed by atoms with E-state index in [9.17, 15) is 19.2 Å². The van der Waals surface area contributed by atoms with Gasteiger partial charge in [-0.15, -0.1) is 0 Å². The molecule has 6 nitrogen and oxygen atoms in total. The maximum absolute atomic E-state index is 12.4. The van der Waals surface area contributed by atoms with Gasteiger partial charge in [0.25, 0.3) is 11.8 Å². The predicted octanol–water partition coefficient (Wildman–Crippen LogP) is 2.14. The number of thioether (sulfide) groups is 1. The molecule has 1 aliphatic heterocycles. The van der Waals surface area contributed by atoms with Gasteiger partial charge in [0.05, 0.1) is 16.5 Å². The lowest BCUT2D eigenvalue weighted by atomic mass is 10.1. The molecule has 1 aromatic rings. The van der Waals surface area contributed by atoms with Gasteiger partial charge in [-0.25, -0.2) is 0 Å². The largest absolute Gasteiger partial charge is 0.481 e. The first-order valence-electron chi connectivity index (χ1n) is 6.77. The molecule has 1 N–H and O–H groups in total. The van der Waals surface area contributed by atoms with Crippen LogP contribution in [-0.4, -0.2) is 38.3 Å². The third-order valence-electron chi connectivity index (χ3n) is 3.26. The predicted molar refractivity (Wildman–Crippen MR) is 80.5 cm³/mol. The fourth-order valence-electron chi connectivity index (χ4n) is 2.33. The van der Waals surface area contributed by atoms with Crippen LogP contribution in [0.4, 0.5) is 0 Å². The summed E-state index contributed by atoms with van der Waals surface area (Å²) >= 11 is 0.879. The molecule has 0 radical (unpaired) electrons. The summed E-state index contributed by atoms with van der Waals surface area (Å²) in [6.07, 6.45) is 0.480. The van der Waals surface area contributed by atoms with Crippen molar-refractivity contribution < 1.29 is 24.3 Å². The Morgan fingerprint density at radius 2 is 1.73 bits per heavy atom. The molecular weight excluding hydrogens is 306 g/mol. The van der Waals surface area contributed by atoms with Crippen molar-refractivity contribution in [1.82, 2.24) is 4.90 Å². The second-order valence-corrected chi connectivity index (χ2v) is 6.23. The van der Waals surface area contributed by atoms with Crippen LogP contribution < -0.4 is 0 Å². The van der Waals surface area contributed by atoms with Crippen LogP contribution in [0.15, 0.2) is 24.3 Å². The Morgan fingerprint density at radius 1 is 1.18 bits per heavy atom. The summed E-state index contributed by atoms with van der Waals surface area (Å²) in [7, 11) is 0. The monoisotopic (exact) mass is 321 g/mol. The van der Waals surface area contributed by atoms with E-state index < -0.39 is 23.2 Å². The van der Waals surface area contributed by atoms with Crippen LogP contribution >= 0.6 is 11.8 Å². The number of hydrogen-bond acceptors (Lipinski definition) is 5. The number of amides is 2. The smallest absolute Gasteiger partial charge is 0.303 e. The Labute approximate surface area is 131 Å². The zero-order valence-corrected chi connectivity index (χ0v) is 12.8. The van der Waals surface area contributed by atoms with E-state index in [-0.39, 0.29) is 24.4 Å². The minimum Gasteiger partial charge on any atom is -0.481 e. The summed E-state index contributed by atoms with van der Waals surface area (Å²) < 4.78 is 0. The highest BCUT2D eigenvalue weighted by molar-refractivity contribution is 8.14. The minimum atomic E-state index is -0.950. The molecule has 1 heterocycles. The zero-order valence-electron chi connectivity index (χ0n) is 11.9. The number of nitrogens with zero attached hydrogens (tertiary/aromatic N) is 1. The minimum absolute atomic E-state index is 0.0713. The van der Waals surface area contributed by atoms with Crippen molar-refractivity contribution in [2.45, 2.75) is 31.6 Å². The van der Waals surface area contributed by atoms with Crippen molar-refractivity contribution in [1.29, 1.82) is 0 Å². The standard InChI is InChI=1S/C15H15NO5S/c1-9(17)22-12(7-4-8-13(18)19)16-14(20)10-5-2-3-6-11(10)15(16)21/h2-3,5-6,12H,4,7-8H2,1H3,(H,18,19). The summed E-state index contributed by atoms with van der Waals surface area (Å²) in [6, 6.07) is 6.49. The van der Waals surface area contributed by atoms with Gasteiger partial charge in [-0.3, -0.25) is 24.1 Å². The average molecular weight is 321 g/mol. The lowest BCUT2D eigenvalue weighted by molar-refractivity contribution is -0.137. The topological polar surface area (TPSA) is 91.8 Å². The highest BCUT2D eigenvalue weighted by Crippen LogP contribution is 2.31. The van der Waals surface area contributed by atoms with E-state index in [0.717, 1.165) is 16.7 Å². The molecule has 2 rings (SSSR count). The Balaban J connectivity index is 2.21. The van der Waals surface area contributed by atoms with E-state index in [1.54, 1.807) is 24.3 Å². The van der Waals surface area contributed by atoms with Crippen molar-refractivity contribution in [3.05, 3.63) is 35.4 Å². The molecule has 0 saturated carbocycles. The maximum atomic E-state index is 12.4. The van der Waals surface area contributed by atoms with Gasteiger partial charge in [0, 0.05) is 13.3 Å². The normalized spacial score (nSPS) is 14.9. The molecule has 0 aromatic heterocycles. The maximum Gasteiger partial charge on any atom is 0.303 e. The van der Waals surface area contributed by atoms with Crippen LogP contribution in [0, 0.1) is 0 Å². The van der Waals surface area contributed by atoms with Crippen molar-refractivity contribution in [2.75, 3.05) is 0 Å². The van der Waals surface area contributed by atoms with E-state index >= 15 is 0 Å². The summed E-state index contributed by atoms with van der Waals surface area (Å²) in [4.78, 5) is 47.9. The van der Waals surface area contributed by atoms with Gasteiger partial charge < -0.3 is 5.11 Å². The van der Waals surface area contributed by atoms with Crippen molar-refractivity contribution >= 4 is 34.7 Å². The van der Waals surface area contributed by atoms with Crippen LogP contribution in [-0.2, 0) is 9.59 Å². The van der Waals surface area contributed by atoms with Gasteiger partial charge in [-0.1, -0.05) is 23.9 Å².